The fraction of sp³-hybridized carbons (Fsp3) is 0.520. The summed E-state index contributed by atoms with van der Waals surface area (Å²) in [4.78, 5) is 2.07. The van der Waals surface area contributed by atoms with Crippen LogP contribution in [0.2, 0.25) is 5.02 Å². The van der Waals surface area contributed by atoms with Crippen LogP contribution in [0.1, 0.15) is 37.2 Å². The number of rotatable bonds is 6. The maximum absolute atomic E-state index is 13.4. The molecule has 7 heteroatoms. The van der Waals surface area contributed by atoms with Gasteiger partial charge in [-0.2, -0.15) is 0 Å². The Balaban J connectivity index is 1.33. The zero-order chi connectivity index (χ0) is 22.6. The highest BCUT2D eigenvalue weighted by Crippen LogP contribution is 2.38. The lowest BCUT2D eigenvalue weighted by molar-refractivity contribution is -0.0766. The zero-order valence-electron chi connectivity index (χ0n) is 18.2. The lowest BCUT2D eigenvalue weighted by atomic mass is 9.76. The average Bonchev–Trinajstić information content (AvgIpc) is 2.97. The van der Waals surface area contributed by atoms with Crippen LogP contribution in [0.3, 0.4) is 0 Å². The summed E-state index contributed by atoms with van der Waals surface area (Å²) < 4.78 is 24.7. The average molecular weight is 464 g/mol. The fourth-order valence-corrected chi connectivity index (χ4v) is 4.96. The number of aliphatic hydroxyl groups is 2. The molecule has 0 radical (unpaired) electrons. The first-order valence-electron chi connectivity index (χ1n) is 11.2. The number of benzene rings is 2. The van der Waals surface area contributed by atoms with Crippen LogP contribution in [0.15, 0.2) is 48.5 Å². The van der Waals surface area contributed by atoms with E-state index in [-0.39, 0.29) is 18.2 Å². The molecule has 1 aliphatic carbocycles. The van der Waals surface area contributed by atoms with Crippen molar-refractivity contribution in [2.75, 3.05) is 39.5 Å². The van der Waals surface area contributed by atoms with Crippen LogP contribution in [0.5, 0.6) is 5.75 Å². The second kappa shape index (κ2) is 10.1. The molecule has 32 heavy (non-hydrogen) atoms. The molecule has 2 aliphatic rings. The molecule has 1 atom stereocenters. The van der Waals surface area contributed by atoms with Crippen molar-refractivity contribution in [3.05, 3.63) is 64.9 Å². The molecule has 1 saturated carbocycles. The van der Waals surface area contributed by atoms with Gasteiger partial charge in [-0.1, -0.05) is 41.9 Å². The van der Waals surface area contributed by atoms with E-state index in [1.807, 2.05) is 6.07 Å². The molecular weight excluding hydrogens is 433 g/mol. The molecule has 0 amide bonds. The summed E-state index contributed by atoms with van der Waals surface area (Å²) in [6, 6.07) is 14.6. The summed E-state index contributed by atoms with van der Waals surface area (Å²) in [5, 5.41) is 22.4. The SMILES string of the molecule is OC1(CN2CCOC[C@](O)(COc3ccc(F)c(Cl)c3)C2)CCC(c2ccccc2)CC1. The van der Waals surface area contributed by atoms with Crippen molar-refractivity contribution in [1.82, 2.24) is 4.90 Å². The molecule has 0 spiro atoms. The first-order valence-corrected chi connectivity index (χ1v) is 11.6. The maximum atomic E-state index is 13.4. The molecule has 174 valence electrons. The molecule has 1 saturated heterocycles. The van der Waals surface area contributed by atoms with Gasteiger partial charge in [0.25, 0.3) is 0 Å². The lowest BCUT2D eigenvalue weighted by Crippen LogP contribution is -2.53. The Morgan fingerprint density at radius 3 is 2.56 bits per heavy atom. The molecule has 0 unspecified atom stereocenters. The van der Waals surface area contributed by atoms with Gasteiger partial charge in [-0.15, -0.1) is 0 Å². The highest BCUT2D eigenvalue weighted by molar-refractivity contribution is 6.30. The van der Waals surface area contributed by atoms with Gasteiger partial charge in [0.15, 0.2) is 0 Å². The Bertz CT molecular complexity index is 891. The van der Waals surface area contributed by atoms with Gasteiger partial charge >= 0.3 is 0 Å². The van der Waals surface area contributed by atoms with Crippen LogP contribution in [-0.2, 0) is 4.74 Å². The van der Waals surface area contributed by atoms with Gasteiger partial charge in [0.05, 0.1) is 23.8 Å². The molecule has 2 aromatic carbocycles. The van der Waals surface area contributed by atoms with E-state index < -0.39 is 17.0 Å². The Labute approximate surface area is 193 Å². The topological polar surface area (TPSA) is 62.2 Å². The van der Waals surface area contributed by atoms with Crippen LogP contribution < -0.4 is 4.74 Å². The predicted octanol–water partition coefficient (Wildman–Crippen LogP) is 4.01. The van der Waals surface area contributed by atoms with Crippen molar-refractivity contribution in [1.29, 1.82) is 0 Å². The van der Waals surface area contributed by atoms with Gasteiger partial charge in [-0.25, -0.2) is 4.39 Å². The van der Waals surface area contributed by atoms with E-state index in [1.165, 1.54) is 23.8 Å². The van der Waals surface area contributed by atoms with E-state index >= 15 is 0 Å². The van der Waals surface area contributed by atoms with E-state index in [9.17, 15) is 14.6 Å². The molecule has 0 aromatic heterocycles. The fourth-order valence-electron chi connectivity index (χ4n) is 4.79. The van der Waals surface area contributed by atoms with Gasteiger partial charge < -0.3 is 19.7 Å². The minimum Gasteiger partial charge on any atom is -0.490 e. The van der Waals surface area contributed by atoms with Crippen LogP contribution in [0, 0.1) is 5.82 Å². The summed E-state index contributed by atoms with van der Waals surface area (Å²) in [5.74, 6) is 0.354. The molecule has 4 rings (SSSR count). The van der Waals surface area contributed by atoms with Crippen LogP contribution >= 0.6 is 11.6 Å². The first kappa shape index (κ1) is 23.5. The third-order valence-electron chi connectivity index (χ3n) is 6.54. The van der Waals surface area contributed by atoms with Crippen LogP contribution in [0.4, 0.5) is 4.39 Å². The molecule has 2 fully saturated rings. The van der Waals surface area contributed by atoms with Gasteiger partial charge in [-0.3, -0.25) is 4.90 Å². The van der Waals surface area contributed by atoms with Crippen molar-refractivity contribution in [2.24, 2.45) is 0 Å². The van der Waals surface area contributed by atoms with Crippen molar-refractivity contribution in [2.45, 2.75) is 42.8 Å². The number of hydrogen-bond donors (Lipinski definition) is 2. The third-order valence-corrected chi connectivity index (χ3v) is 6.83. The lowest BCUT2D eigenvalue weighted by Gasteiger charge is -2.40. The summed E-state index contributed by atoms with van der Waals surface area (Å²) >= 11 is 5.81. The summed E-state index contributed by atoms with van der Waals surface area (Å²) in [6.07, 6.45) is 3.35. The van der Waals surface area contributed by atoms with Gasteiger partial charge in [-0.05, 0) is 49.3 Å². The molecule has 1 aliphatic heterocycles. The minimum absolute atomic E-state index is 0.0139. The number of halogens is 2. The van der Waals surface area contributed by atoms with E-state index in [0.717, 1.165) is 25.7 Å². The summed E-state index contributed by atoms with van der Waals surface area (Å²) in [6.45, 7) is 2.05. The number of hydrogen-bond acceptors (Lipinski definition) is 5. The second-order valence-corrected chi connectivity index (χ2v) is 9.67. The molecule has 2 N–H and O–H groups in total. The van der Waals surface area contributed by atoms with E-state index in [4.69, 9.17) is 21.1 Å². The third kappa shape index (κ3) is 6.00. The highest BCUT2D eigenvalue weighted by atomic mass is 35.5. The zero-order valence-corrected chi connectivity index (χ0v) is 18.9. The standard InChI is InChI=1S/C25H31ClFNO4/c26-22-14-21(6-7-23(22)27)32-18-25(30)16-28(12-13-31-17-25)15-24(29)10-8-20(9-11-24)19-4-2-1-3-5-19/h1-7,14,20,29-30H,8-13,15-18H2/t20?,24?,25-/m0/s1. The first-order chi connectivity index (χ1) is 15.3. The van der Waals surface area contributed by atoms with E-state index in [2.05, 4.69) is 29.2 Å². The Hall–Kier alpha value is -1.70. The van der Waals surface area contributed by atoms with Crippen molar-refractivity contribution >= 4 is 11.6 Å². The summed E-state index contributed by atoms with van der Waals surface area (Å²) in [5.41, 5.74) is -0.679. The van der Waals surface area contributed by atoms with Crippen molar-refractivity contribution in [3.63, 3.8) is 0 Å². The smallest absolute Gasteiger partial charge is 0.142 e. The van der Waals surface area contributed by atoms with E-state index in [0.29, 0.717) is 37.9 Å². The van der Waals surface area contributed by atoms with Crippen molar-refractivity contribution in [3.8, 4) is 5.75 Å². The van der Waals surface area contributed by atoms with Gasteiger partial charge in [0.1, 0.15) is 23.8 Å². The summed E-state index contributed by atoms with van der Waals surface area (Å²) in [7, 11) is 0. The maximum Gasteiger partial charge on any atom is 0.142 e. The molecule has 1 heterocycles. The molecule has 0 bridgehead atoms. The Morgan fingerprint density at radius 1 is 1.09 bits per heavy atom. The van der Waals surface area contributed by atoms with Crippen molar-refractivity contribution < 1.29 is 24.1 Å². The second-order valence-electron chi connectivity index (χ2n) is 9.26. The molecule has 5 nitrogen and oxygen atoms in total. The highest BCUT2D eigenvalue weighted by Gasteiger charge is 2.39. The normalized spacial score (nSPS) is 29.4. The van der Waals surface area contributed by atoms with Crippen LogP contribution in [0.25, 0.3) is 0 Å². The number of β-amino-alcohol motifs (C(OH)–C–C–N with tert-alkyl or cyclic N) is 2. The van der Waals surface area contributed by atoms with E-state index in [1.54, 1.807) is 0 Å². The van der Waals surface area contributed by atoms with Gasteiger partial charge in [0.2, 0.25) is 0 Å². The Kier molecular flexibility index (Phi) is 7.37. The number of ether oxygens (including phenoxy) is 2. The van der Waals surface area contributed by atoms with Gasteiger partial charge in [0, 0.05) is 25.7 Å². The molecular formula is C25H31ClFNO4. The van der Waals surface area contributed by atoms with Crippen LogP contribution in [-0.4, -0.2) is 65.8 Å². The number of nitrogens with zero attached hydrogens (tertiary/aromatic N) is 1. The Morgan fingerprint density at radius 2 is 1.84 bits per heavy atom. The monoisotopic (exact) mass is 463 g/mol. The molecule has 2 aromatic rings. The predicted molar refractivity (Wildman–Crippen MR) is 122 cm³/mol. The quantitative estimate of drug-likeness (QED) is 0.677. The minimum atomic E-state index is -1.24. The largest absolute Gasteiger partial charge is 0.490 e.